The number of hydrogen-bond donors (Lipinski definition) is 1. The van der Waals surface area contributed by atoms with E-state index in [4.69, 9.17) is 14.5 Å². The van der Waals surface area contributed by atoms with Crippen LogP contribution in [0.25, 0.3) is 16.0 Å². The van der Waals surface area contributed by atoms with E-state index in [1.54, 1.807) is 12.1 Å². The molecule has 0 aliphatic carbocycles. The summed E-state index contributed by atoms with van der Waals surface area (Å²) in [6.45, 7) is 6.40. The molecule has 4 aromatic rings. The molecule has 0 unspecified atom stereocenters. The van der Waals surface area contributed by atoms with E-state index >= 15 is 0 Å². The molecule has 1 aromatic heterocycles. The number of aromatic nitrogens is 1. The van der Waals surface area contributed by atoms with Crippen LogP contribution in [0.2, 0.25) is 0 Å². The number of carbonyl (C=O) groups is 2. The first kappa shape index (κ1) is 24.2. The van der Waals surface area contributed by atoms with Crippen LogP contribution < -0.4 is 14.4 Å². The van der Waals surface area contributed by atoms with Crippen LogP contribution in [0.1, 0.15) is 42.1 Å². The van der Waals surface area contributed by atoms with E-state index in [1.165, 1.54) is 16.2 Å². The van der Waals surface area contributed by atoms with E-state index in [1.807, 2.05) is 69.3 Å². The second kappa shape index (κ2) is 9.29. The lowest BCUT2D eigenvalue weighted by Gasteiger charge is -2.23. The summed E-state index contributed by atoms with van der Waals surface area (Å²) in [6.07, 6.45) is 0.754. The smallest absolute Gasteiger partial charge is 0.301 e. The number of aliphatic hydroxyl groups excluding tert-OH is 1. The Labute approximate surface area is 224 Å². The SMILES string of the molecule is CCOc1ccc2nc(N3C(=O)C(=O)/C(=C(/O)c4ccc5c(c4)C[C@H](C)O5)[C@H]3c3ccc(C)cc3)sc2c1. The Morgan fingerprint density at radius 2 is 1.92 bits per heavy atom. The number of thiazole rings is 1. The van der Waals surface area contributed by atoms with Gasteiger partial charge in [0.25, 0.3) is 5.78 Å². The maximum Gasteiger partial charge on any atom is 0.301 e. The summed E-state index contributed by atoms with van der Waals surface area (Å²) in [5.41, 5.74) is 3.93. The summed E-state index contributed by atoms with van der Waals surface area (Å²) in [7, 11) is 0. The number of fused-ring (bicyclic) bond motifs is 2. The number of ether oxygens (including phenoxy) is 2. The topological polar surface area (TPSA) is 89.0 Å². The predicted molar refractivity (Wildman–Crippen MR) is 147 cm³/mol. The van der Waals surface area contributed by atoms with Crippen LogP contribution >= 0.6 is 11.3 Å². The summed E-state index contributed by atoms with van der Waals surface area (Å²) in [6, 6.07) is 17.7. The Bertz CT molecular complexity index is 1620. The van der Waals surface area contributed by atoms with Crippen molar-refractivity contribution in [1.82, 2.24) is 4.98 Å². The van der Waals surface area contributed by atoms with Crippen molar-refractivity contribution in [2.75, 3.05) is 11.5 Å². The summed E-state index contributed by atoms with van der Waals surface area (Å²) in [5, 5.41) is 11.9. The number of carbonyl (C=O) groups excluding carboxylic acids is 2. The van der Waals surface area contributed by atoms with E-state index in [2.05, 4.69) is 0 Å². The molecule has 38 heavy (non-hydrogen) atoms. The van der Waals surface area contributed by atoms with Crippen LogP contribution in [-0.4, -0.2) is 34.5 Å². The van der Waals surface area contributed by atoms with Crippen LogP contribution in [0.4, 0.5) is 5.13 Å². The van der Waals surface area contributed by atoms with Gasteiger partial charge in [0.1, 0.15) is 23.4 Å². The average molecular weight is 527 g/mol. The van der Waals surface area contributed by atoms with Gasteiger partial charge in [0, 0.05) is 12.0 Å². The lowest BCUT2D eigenvalue weighted by atomic mass is 9.94. The molecule has 192 valence electrons. The first-order valence-corrected chi connectivity index (χ1v) is 13.4. The van der Waals surface area contributed by atoms with Crippen molar-refractivity contribution < 1.29 is 24.2 Å². The van der Waals surface area contributed by atoms with Gasteiger partial charge in [-0.1, -0.05) is 41.2 Å². The predicted octanol–water partition coefficient (Wildman–Crippen LogP) is 5.95. The minimum Gasteiger partial charge on any atom is -0.507 e. The third kappa shape index (κ3) is 4.01. The van der Waals surface area contributed by atoms with Crippen molar-refractivity contribution in [3.05, 3.63) is 88.5 Å². The fourth-order valence-corrected chi connectivity index (χ4v) is 6.09. The fourth-order valence-electron chi connectivity index (χ4n) is 5.07. The zero-order valence-corrected chi connectivity index (χ0v) is 22.0. The molecule has 0 saturated carbocycles. The maximum atomic E-state index is 13.5. The van der Waals surface area contributed by atoms with Gasteiger partial charge in [0.2, 0.25) is 0 Å². The van der Waals surface area contributed by atoms with Crippen LogP contribution in [0.3, 0.4) is 0 Å². The van der Waals surface area contributed by atoms with Gasteiger partial charge in [0.15, 0.2) is 5.13 Å². The van der Waals surface area contributed by atoms with Crippen LogP contribution in [0.5, 0.6) is 11.5 Å². The number of aliphatic hydroxyl groups is 1. The Kier molecular flexibility index (Phi) is 5.91. The van der Waals surface area contributed by atoms with Gasteiger partial charge in [0.05, 0.1) is 28.4 Å². The molecule has 1 saturated heterocycles. The van der Waals surface area contributed by atoms with E-state index in [-0.39, 0.29) is 17.4 Å². The number of hydrogen-bond acceptors (Lipinski definition) is 7. The Hall–Kier alpha value is -4.17. The van der Waals surface area contributed by atoms with Gasteiger partial charge in [-0.2, -0.15) is 0 Å². The molecule has 2 atom stereocenters. The molecule has 2 aliphatic rings. The van der Waals surface area contributed by atoms with Gasteiger partial charge >= 0.3 is 5.91 Å². The molecule has 8 heteroatoms. The zero-order chi connectivity index (χ0) is 26.6. The number of benzene rings is 3. The number of amides is 1. The highest BCUT2D eigenvalue weighted by atomic mass is 32.1. The molecule has 1 fully saturated rings. The lowest BCUT2D eigenvalue weighted by molar-refractivity contribution is -0.132. The van der Waals surface area contributed by atoms with Crippen molar-refractivity contribution in [2.24, 2.45) is 0 Å². The highest BCUT2D eigenvalue weighted by Crippen LogP contribution is 2.45. The maximum absolute atomic E-state index is 13.5. The Balaban J connectivity index is 1.50. The third-order valence-corrected chi connectivity index (χ3v) is 7.89. The molecular weight excluding hydrogens is 500 g/mol. The molecule has 1 amide bonds. The highest BCUT2D eigenvalue weighted by Gasteiger charge is 2.48. The average Bonchev–Trinajstić information content (AvgIpc) is 3.56. The number of anilines is 1. The first-order valence-electron chi connectivity index (χ1n) is 12.5. The molecule has 2 aliphatic heterocycles. The van der Waals surface area contributed by atoms with Gasteiger partial charge in [-0.15, -0.1) is 0 Å². The van der Waals surface area contributed by atoms with E-state index in [0.29, 0.717) is 40.6 Å². The van der Waals surface area contributed by atoms with Crippen molar-refractivity contribution in [1.29, 1.82) is 0 Å². The van der Waals surface area contributed by atoms with Crippen molar-refractivity contribution >= 4 is 44.1 Å². The van der Waals surface area contributed by atoms with Gasteiger partial charge in [-0.05, 0) is 68.3 Å². The number of Topliss-reactive ketones (excluding diaryl/α,β-unsaturated/α-hetero) is 1. The normalized spacial score (nSPS) is 20.1. The summed E-state index contributed by atoms with van der Waals surface area (Å²) in [5.74, 6) is -0.196. The molecule has 0 bridgehead atoms. The van der Waals surface area contributed by atoms with Crippen molar-refractivity contribution in [2.45, 2.75) is 39.3 Å². The van der Waals surface area contributed by atoms with Crippen LogP contribution in [-0.2, 0) is 16.0 Å². The van der Waals surface area contributed by atoms with Gasteiger partial charge in [-0.3, -0.25) is 14.5 Å². The monoisotopic (exact) mass is 526 g/mol. The minimum atomic E-state index is -0.828. The highest BCUT2D eigenvalue weighted by molar-refractivity contribution is 7.22. The van der Waals surface area contributed by atoms with Gasteiger partial charge in [-0.25, -0.2) is 4.98 Å². The number of nitrogens with zero attached hydrogens (tertiary/aromatic N) is 2. The zero-order valence-electron chi connectivity index (χ0n) is 21.2. The number of rotatable bonds is 5. The molecule has 3 heterocycles. The second-order valence-electron chi connectivity index (χ2n) is 9.59. The van der Waals surface area contributed by atoms with E-state index < -0.39 is 17.7 Å². The second-order valence-corrected chi connectivity index (χ2v) is 10.6. The van der Waals surface area contributed by atoms with E-state index in [9.17, 15) is 14.7 Å². The standard InChI is InChI=1S/C30H26N2O5S/c1-4-36-21-10-11-22-24(15-21)38-30(31-22)32-26(18-7-5-16(2)6-8-18)25(28(34)29(32)35)27(33)19-9-12-23-20(14-19)13-17(3)37-23/h5-12,14-15,17,26,33H,4,13H2,1-3H3/b27-25+/t17-,26+/m0/s1. The molecular formula is C30H26N2O5S. The molecule has 6 rings (SSSR count). The Morgan fingerprint density at radius 3 is 2.68 bits per heavy atom. The third-order valence-electron chi connectivity index (χ3n) is 6.87. The molecule has 0 radical (unpaired) electrons. The van der Waals surface area contributed by atoms with Crippen LogP contribution in [0, 0.1) is 6.92 Å². The quantitative estimate of drug-likeness (QED) is 0.196. The largest absolute Gasteiger partial charge is 0.507 e. The molecule has 0 spiro atoms. The van der Waals surface area contributed by atoms with Crippen molar-refractivity contribution in [3.8, 4) is 11.5 Å². The minimum absolute atomic E-state index is 0.0417. The number of aryl methyl sites for hydroxylation is 1. The summed E-state index contributed by atoms with van der Waals surface area (Å²) in [4.78, 5) is 33.1. The first-order chi connectivity index (χ1) is 18.3. The van der Waals surface area contributed by atoms with Crippen LogP contribution in [0.15, 0.2) is 66.2 Å². The van der Waals surface area contributed by atoms with Gasteiger partial charge < -0.3 is 14.6 Å². The fraction of sp³-hybridized carbons (Fsp3) is 0.233. The summed E-state index contributed by atoms with van der Waals surface area (Å²) < 4.78 is 12.2. The molecule has 3 aromatic carbocycles. The Morgan fingerprint density at radius 1 is 1.13 bits per heavy atom. The van der Waals surface area contributed by atoms with Crippen molar-refractivity contribution in [3.63, 3.8) is 0 Å². The van der Waals surface area contributed by atoms with E-state index in [0.717, 1.165) is 21.6 Å². The molecule has 7 nitrogen and oxygen atoms in total. The number of ketones is 1. The summed E-state index contributed by atoms with van der Waals surface area (Å²) >= 11 is 1.31. The lowest BCUT2D eigenvalue weighted by Crippen LogP contribution is -2.29. The molecule has 1 N–H and O–H groups in total.